The Kier molecular flexibility index (Phi) is 1.95. The average molecular weight is 208 g/mol. The van der Waals surface area contributed by atoms with Crippen molar-refractivity contribution in [1.29, 1.82) is 0 Å². The summed E-state index contributed by atoms with van der Waals surface area (Å²) in [5, 5.41) is 15.5. The maximum absolute atomic E-state index is 5.42. The normalized spacial score (nSPS) is 11.9. The Morgan fingerprint density at radius 1 is 1.40 bits per heavy atom. The molecule has 2 aromatic heterocycles. The van der Waals surface area contributed by atoms with Crippen molar-refractivity contribution in [3.8, 4) is 11.6 Å². The van der Waals surface area contributed by atoms with Crippen molar-refractivity contribution in [2.24, 2.45) is 0 Å². The summed E-state index contributed by atoms with van der Waals surface area (Å²) in [6.45, 7) is 5.94. The summed E-state index contributed by atoms with van der Waals surface area (Å²) in [6.07, 6.45) is 0. The number of anilines is 1. The summed E-state index contributed by atoms with van der Waals surface area (Å²) in [4.78, 5) is 1.51. The lowest BCUT2D eigenvalue weighted by Crippen LogP contribution is -2.24. The fourth-order valence-corrected chi connectivity index (χ4v) is 0.991. The first-order valence-corrected chi connectivity index (χ1v) is 4.50. The Bertz CT molecular complexity index is 465. The van der Waals surface area contributed by atoms with E-state index in [0.29, 0.717) is 17.4 Å². The molecule has 0 aromatic carbocycles. The summed E-state index contributed by atoms with van der Waals surface area (Å²) < 4.78 is 4.92. The molecule has 0 atom stereocenters. The van der Waals surface area contributed by atoms with Gasteiger partial charge in [0, 0.05) is 6.07 Å². The summed E-state index contributed by atoms with van der Waals surface area (Å²) in [5.74, 6) is 1.11. The fraction of sp³-hybridized carbons (Fsp3) is 0.500. The van der Waals surface area contributed by atoms with Gasteiger partial charge >= 0.3 is 0 Å². The highest BCUT2D eigenvalue weighted by Gasteiger charge is 2.19. The predicted octanol–water partition coefficient (Wildman–Crippen LogP) is 0.665. The van der Waals surface area contributed by atoms with E-state index in [2.05, 4.69) is 20.6 Å². The number of tetrazole rings is 1. The largest absolute Gasteiger partial charge is 0.381 e. The molecule has 0 radical (unpaired) electrons. The number of aromatic nitrogens is 5. The molecule has 0 fully saturated rings. The number of hydrogen-bond donors (Lipinski definition) is 1. The molecule has 2 rings (SSSR count). The van der Waals surface area contributed by atoms with Crippen LogP contribution in [0.3, 0.4) is 0 Å². The summed E-state index contributed by atoms with van der Waals surface area (Å²) >= 11 is 0. The maximum atomic E-state index is 5.42. The van der Waals surface area contributed by atoms with Gasteiger partial charge in [0.25, 0.3) is 0 Å². The van der Waals surface area contributed by atoms with E-state index in [9.17, 15) is 0 Å². The minimum Gasteiger partial charge on any atom is -0.381 e. The Morgan fingerprint density at radius 3 is 2.60 bits per heavy atom. The van der Waals surface area contributed by atoms with Crippen LogP contribution in [-0.4, -0.2) is 25.4 Å². The second-order valence-electron chi connectivity index (χ2n) is 4.19. The molecule has 0 saturated heterocycles. The van der Waals surface area contributed by atoms with E-state index in [0.717, 1.165) is 0 Å². The molecule has 0 saturated carbocycles. The second kappa shape index (κ2) is 3.04. The molecule has 2 heterocycles. The first-order chi connectivity index (χ1) is 6.97. The Morgan fingerprint density at radius 2 is 2.13 bits per heavy atom. The van der Waals surface area contributed by atoms with Gasteiger partial charge in [-0.15, -0.1) is 10.2 Å². The van der Waals surface area contributed by atoms with Gasteiger partial charge in [-0.25, -0.2) is 0 Å². The molecule has 80 valence electrons. The molecule has 0 aliphatic heterocycles. The van der Waals surface area contributed by atoms with Gasteiger partial charge in [-0.05, 0) is 26.0 Å². The molecular weight excluding hydrogens is 196 g/mol. The van der Waals surface area contributed by atoms with Gasteiger partial charge in [-0.1, -0.05) is 5.16 Å². The highest BCUT2D eigenvalue weighted by atomic mass is 16.5. The van der Waals surface area contributed by atoms with Gasteiger partial charge in [0.15, 0.2) is 5.82 Å². The Labute approximate surface area is 86.2 Å². The number of rotatable bonds is 1. The molecular formula is C8H12N6O. The third kappa shape index (κ3) is 1.80. The van der Waals surface area contributed by atoms with Gasteiger partial charge < -0.3 is 10.3 Å². The van der Waals surface area contributed by atoms with Crippen molar-refractivity contribution < 1.29 is 4.52 Å². The highest BCUT2D eigenvalue weighted by molar-refractivity contribution is 5.49. The van der Waals surface area contributed by atoms with E-state index in [1.165, 1.54) is 4.80 Å². The molecule has 0 aliphatic carbocycles. The molecule has 7 nitrogen and oxygen atoms in total. The van der Waals surface area contributed by atoms with Crippen LogP contribution < -0.4 is 5.73 Å². The zero-order valence-electron chi connectivity index (χ0n) is 8.80. The highest BCUT2D eigenvalue weighted by Crippen LogP contribution is 2.17. The van der Waals surface area contributed by atoms with Crippen molar-refractivity contribution in [3.63, 3.8) is 0 Å². The topological polar surface area (TPSA) is 95.7 Å². The lowest BCUT2D eigenvalue weighted by molar-refractivity contribution is 0.306. The zero-order chi connectivity index (χ0) is 11.1. The van der Waals surface area contributed by atoms with Crippen molar-refractivity contribution in [2.45, 2.75) is 26.3 Å². The van der Waals surface area contributed by atoms with E-state index in [-0.39, 0.29) is 5.54 Å². The van der Waals surface area contributed by atoms with Crippen LogP contribution in [-0.2, 0) is 5.54 Å². The number of nitrogen functional groups attached to an aromatic ring is 1. The lowest BCUT2D eigenvalue weighted by atomic mass is 10.1. The van der Waals surface area contributed by atoms with Gasteiger partial charge in [-0.3, -0.25) is 0 Å². The van der Waals surface area contributed by atoms with Crippen LogP contribution in [0.4, 0.5) is 5.82 Å². The van der Waals surface area contributed by atoms with Crippen molar-refractivity contribution in [1.82, 2.24) is 25.4 Å². The van der Waals surface area contributed by atoms with Gasteiger partial charge in [-0.2, -0.15) is 4.80 Å². The summed E-state index contributed by atoms with van der Waals surface area (Å²) in [6, 6.07) is 1.56. The third-order valence-electron chi connectivity index (χ3n) is 1.76. The van der Waals surface area contributed by atoms with Crippen LogP contribution in [0.25, 0.3) is 11.6 Å². The van der Waals surface area contributed by atoms with Crippen LogP contribution >= 0.6 is 0 Å². The molecule has 0 bridgehead atoms. The molecule has 2 aromatic rings. The average Bonchev–Trinajstić information content (AvgIpc) is 2.69. The van der Waals surface area contributed by atoms with E-state index >= 15 is 0 Å². The third-order valence-corrected chi connectivity index (χ3v) is 1.76. The monoisotopic (exact) mass is 208 g/mol. The summed E-state index contributed by atoms with van der Waals surface area (Å²) in [5.41, 5.74) is 5.21. The van der Waals surface area contributed by atoms with Crippen LogP contribution in [0.2, 0.25) is 0 Å². The molecule has 15 heavy (non-hydrogen) atoms. The smallest absolute Gasteiger partial charge is 0.243 e. The van der Waals surface area contributed by atoms with Crippen molar-refractivity contribution in [2.75, 3.05) is 5.73 Å². The number of nitrogens with two attached hydrogens (primary N) is 1. The van der Waals surface area contributed by atoms with Gasteiger partial charge in [0.1, 0.15) is 0 Å². The minimum absolute atomic E-state index is 0.211. The lowest BCUT2D eigenvalue weighted by Gasteiger charge is -2.15. The molecule has 0 amide bonds. The quantitative estimate of drug-likeness (QED) is 0.739. The van der Waals surface area contributed by atoms with Gasteiger partial charge in [0.05, 0.1) is 5.54 Å². The zero-order valence-corrected chi connectivity index (χ0v) is 8.80. The molecule has 0 aliphatic rings. The van der Waals surface area contributed by atoms with Crippen molar-refractivity contribution >= 4 is 5.82 Å². The number of hydrogen-bond acceptors (Lipinski definition) is 6. The van der Waals surface area contributed by atoms with Crippen LogP contribution in [0.5, 0.6) is 0 Å². The first-order valence-electron chi connectivity index (χ1n) is 4.50. The van der Waals surface area contributed by atoms with Gasteiger partial charge in [0.2, 0.25) is 11.6 Å². The maximum Gasteiger partial charge on any atom is 0.243 e. The van der Waals surface area contributed by atoms with E-state index in [1.54, 1.807) is 6.07 Å². The molecule has 7 heteroatoms. The standard InChI is InChI=1S/C8H12N6O/c1-8(2,3)14-11-7(10-13-14)5-4-6(9)12-15-5/h4H,1-3H3,(H2,9,12). The van der Waals surface area contributed by atoms with Crippen LogP contribution in [0.15, 0.2) is 10.6 Å². The van der Waals surface area contributed by atoms with Crippen LogP contribution in [0.1, 0.15) is 20.8 Å². The second-order valence-corrected chi connectivity index (χ2v) is 4.19. The van der Waals surface area contributed by atoms with E-state index in [1.807, 2.05) is 20.8 Å². The molecule has 2 N–H and O–H groups in total. The SMILES string of the molecule is CC(C)(C)n1nnc(-c2cc(N)no2)n1. The molecule has 0 unspecified atom stereocenters. The number of nitrogens with zero attached hydrogens (tertiary/aromatic N) is 5. The first kappa shape index (κ1) is 9.63. The summed E-state index contributed by atoms with van der Waals surface area (Å²) in [7, 11) is 0. The van der Waals surface area contributed by atoms with E-state index in [4.69, 9.17) is 10.3 Å². The van der Waals surface area contributed by atoms with Crippen LogP contribution in [0, 0.1) is 0 Å². The fourth-order valence-electron chi connectivity index (χ4n) is 0.991. The Hall–Kier alpha value is -1.92. The predicted molar refractivity (Wildman–Crippen MR) is 52.7 cm³/mol. The molecule has 0 spiro atoms. The van der Waals surface area contributed by atoms with E-state index < -0.39 is 0 Å². The minimum atomic E-state index is -0.211. The van der Waals surface area contributed by atoms with Crippen molar-refractivity contribution in [3.05, 3.63) is 6.07 Å². The Balaban J connectivity index is 2.36.